The molecular formula is C13H14O3. The van der Waals surface area contributed by atoms with Gasteiger partial charge >= 0.3 is 0 Å². The van der Waals surface area contributed by atoms with Crippen molar-refractivity contribution in [2.75, 3.05) is 0 Å². The summed E-state index contributed by atoms with van der Waals surface area (Å²) in [6, 6.07) is 9.60. The number of benzene rings is 1. The second kappa shape index (κ2) is 4.49. The summed E-state index contributed by atoms with van der Waals surface area (Å²) in [5.41, 5.74) is 0.966. The van der Waals surface area contributed by atoms with Gasteiger partial charge in [-0.15, -0.1) is 0 Å². The van der Waals surface area contributed by atoms with Crippen LogP contribution in [0.2, 0.25) is 0 Å². The molecule has 1 heterocycles. The largest absolute Gasteiger partial charge is 0.493 e. The van der Waals surface area contributed by atoms with Gasteiger partial charge in [0, 0.05) is 12.0 Å². The van der Waals surface area contributed by atoms with E-state index in [0.29, 0.717) is 0 Å². The van der Waals surface area contributed by atoms with Gasteiger partial charge in [-0.3, -0.25) is 4.79 Å². The molecule has 1 N–H and O–H groups in total. The lowest BCUT2D eigenvalue weighted by Gasteiger charge is -2.24. The standard InChI is InChI=1S/C13H14O3/c1-9-12(15)11(14)7-8-16-13(9)10-5-3-2-4-6-10/h2-9,12-13,15H,1H3. The van der Waals surface area contributed by atoms with Crippen molar-refractivity contribution < 1.29 is 14.6 Å². The average molecular weight is 218 g/mol. The SMILES string of the molecule is CC1C(O)C(=O)C=COC1c1ccccc1. The third kappa shape index (κ3) is 1.99. The number of carbonyl (C=O) groups excluding carboxylic acids is 1. The van der Waals surface area contributed by atoms with Crippen molar-refractivity contribution in [1.29, 1.82) is 0 Å². The van der Waals surface area contributed by atoms with E-state index in [4.69, 9.17) is 4.74 Å². The van der Waals surface area contributed by atoms with E-state index in [0.717, 1.165) is 5.56 Å². The van der Waals surface area contributed by atoms with Crippen molar-refractivity contribution in [3.05, 3.63) is 48.2 Å². The van der Waals surface area contributed by atoms with Crippen LogP contribution in [0.4, 0.5) is 0 Å². The number of ether oxygens (including phenoxy) is 1. The van der Waals surface area contributed by atoms with Crippen LogP contribution in [0, 0.1) is 5.92 Å². The highest BCUT2D eigenvalue weighted by molar-refractivity contribution is 5.93. The number of aliphatic hydroxyl groups is 1. The van der Waals surface area contributed by atoms with Crippen molar-refractivity contribution in [3.8, 4) is 0 Å². The van der Waals surface area contributed by atoms with Crippen LogP contribution in [0.15, 0.2) is 42.7 Å². The molecule has 0 spiro atoms. The Hall–Kier alpha value is -1.61. The number of ketones is 1. The number of rotatable bonds is 1. The van der Waals surface area contributed by atoms with Crippen LogP contribution in [0.25, 0.3) is 0 Å². The molecule has 3 heteroatoms. The lowest BCUT2D eigenvalue weighted by atomic mass is 9.91. The van der Waals surface area contributed by atoms with Gasteiger partial charge in [-0.05, 0) is 5.56 Å². The van der Waals surface area contributed by atoms with Crippen molar-refractivity contribution in [2.45, 2.75) is 19.1 Å². The minimum absolute atomic E-state index is 0.259. The molecule has 0 saturated carbocycles. The number of carbonyl (C=O) groups is 1. The van der Waals surface area contributed by atoms with E-state index in [1.54, 1.807) is 0 Å². The lowest BCUT2D eigenvalue weighted by Crippen LogP contribution is -2.29. The first-order chi connectivity index (χ1) is 7.70. The van der Waals surface area contributed by atoms with Crippen LogP contribution < -0.4 is 0 Å². The molecule has 0 radical (unpaired) electrons. The van der Waals surface area contributed by atoms with Crippen molar-refractivity contribution >= 4 is 5.78 Å². The zero-order valence-electron chi connectivity index (χ0n) is 9.04. The van der Waals surface area contributed by atoms with Gasteiger partial charge in [-0.1, -0.05) is 37.3 Å². The Kier molecular flexibility index (Phi) is 3.06. The van der Waals surface area contributed by atoms with E-state index < -0.39 is 6.10 Å². The molecule has 0 saturated heterocycles. The Morgan fingerprint density at radius 2 is 1.94 bits per heavy atom. The van der Waals surface area contributed by atoms with Gasteiger partial charge in [0.2, 0.25) is 0 Å². The molecule has 3 nitrogen and oxygen atoms in total. The Labute approximate surface area is 94.4 Å². The molecule has 84 valence electrons. The van der Waals surface area contributed by atoms with Crippen molar-refractivity contribution in [3.63, 3.8) is 0 Å². The summed E-state index contributed by atoms with van der Waals surface area (Å²) in [5.74, 6) is -0.559. The summed E-state index contributed by atoms with van der Waals surface area (Å²) < 4.78 is 5.48. The Morgan fingerprint density at radius 3 is 2.62 bits per heavy atom. The molecule has 3 atom stereocenters. The van der Waals surface area contributed by atoms with Crippen molar-refractivity contribution in [1.82, 2.24) is 0 Å². The Morgan fingerprint density at radius 1 is 1.25 bits per heavy atom. The fourth-order valence-corrected chi connectivity index (χ4v) is 1.86. The average Bonchev–Trinajstić information content (AvgIpc) is 2.44. The first kappa shape index (κ1) is 10.9. The van der Waals surface area contributed by atoms with Gasteiger partial charge in [0.1, 0.15) is 12.2 Å². The van der Waals surface area contributed by atoms with Crippen LogP contribution in [-0.4, -0.2) is 17.0 Å². The van der Waals surface area contributed by atoms with Crippen LogP contribution >= 0.6 is 0 Å². The molecule has 1 aliphatic rings. The first-order valence-electron chi connectivity index (χ1n) is 5.29. The highest BCUT2D eigenvalue weighted by atomic mass is 16.5. The van der Waals surface area contributed by atoms with Gasteiger partial charge in [-0.25, -0.2) is 0 Å². The minimum atomic E-state index is -0.996. The Balaban J connectivity index is 2.29. The molecule has 3 unspecified atom stereocenters. The third-order valence-electron chi connectivity index (χ3n) is 2.85. The maximum atomic E-state index is 11.4. The molecule has 16 heavy (non-hydrogen) atoms. The van der Waals surface area contributed by atoms with E-state index in [1.165, 1.54) is 12.3 Å². The van der Waals surface area contributed by atoms with Gasteiger partial charge in [0.05, 0.1) is 6.26 Å². The molecule has 0 bridgehead atoms. The van der Waals surface area contributed by atoms with E-state index >= 15 is 0 Å². The summed E-state index contributed by atoms with van der Waals surface area (Å²) in [6.45, 7) is 1.81. The fourth-order valence-electron chi connectivity index (χ4n) is 1.86. The molecule has 0 aliphatic carbocycles. The second-order valence-corrected chi connectivity index (χ2v) is 3.98. The van der Waals surface area contributed by atoms with Crippen LogP contribution in [0.1, 0.15) is 18.6 Å². The summed E-state index contributed by atoms with van der Waals surface area (Å²) >= 11 is 0. The molecule has 0 amide bonds. The van der Waals surface area contributed by atoms with Crippen molar-refractivity contribution in [2.24, 2.45) is 5.92 Å². The van der Waals surface area contributed by atoms with E-state index in [2.05, 4.69) is 0 Å². The van der Waals surface area contributed by atoms with Gasteiger partial charge in [-0.2, -0.15) is 0 Å². The zero-order chi connectivity index (χ0) is 11.5. The quantitative estimate of drug-likeness (QED) is 0.782. The summed E-state index contributed by atoms with van der Waals surface area (Å²) in [7, 11) is 0. The van der Waals surface area contributed by atoms with Gasteiger partial charge < -0.3 is 9.84 Å². The number of hydrogen-bond donors (Lipinski definition) is 1. The zero-order valence-corrected chi connectivity index (χ0v) is 9.04. The van der Waals surface area contributed by atoms with E-state index in [-0.39, 0.29) is 17.8 Å². The Bertz CT molecular complexity index is 397. The predicted molar refractivity (Wildman–Crippen MR) is 59.6 cm³/mol. The molecule has 1 aliphatic heterocycles. The topological polar surface area (TPSA) is 46.5 Å². The summed E-state index contributed by atoms with van der Waals surface area (Å²) in [5, 5.41) is 9.78. The van der Waals surface area contributed by atoms with E-state index in [9.17, 15) is 9.90 Å². The van der Waals surface area contributed by atoms with E-state index in [1.807, 2.05) is 37.3 Å². The first-order valence-corrected chi connectivity index (χ1v) is 5.29. The summed E-state index contributed by atoms with van der Waals surface area (Å²) in [4.78, 5) is 11.4. The molecule has 1 aromatic carbocycles. The minimum Gasteiger partial charge on any atom is -0.493 e. The highest BCUT2D eigenvalue weighted by Gasteiger charge is 2.32. The maximum absolute atomic E-state index is 11.4. The predicted octanol–water partition coefficient (Wildman–Crippen LogP) is 1.84. The highest BCUT2D eigenvalue weighted by Crippen LogP contribution is 2.30. The number of aliphatic hydroxyl groups excluding tert-OH is 1. The van der Waals surface area contributed by atoms with Crippen LogP contribution in [0.3, 0.4) is 0 Å². The molecule has 1 aromatic rings. The molecule has 2 rings (SSSR count). The maximum Gasteiger partial charge on any atom is 0.187 e. The lowest BCUT2D eigenvalue weighted by molar-refractivity contribution is -0.125. The van der Waals surface area contributed by atoms with Crippen LogP contribution in [0.5, 0.6) is 0 Å². The molecule has 0 aromatic heterocycles. The smallest absolute Gasteiger partial charge is 0.187 e. The fraction of sp³-hybridized carbons (Fsp3) is 0.308. The monoisotopic (exact) mass is 218 g/mol. The second-order valence-electron chi connectivity index (χ2n) is 3.98. The number of hydrogen-bond acceptors (Lipinski definition) is 3. The van der Waals surface area contributed by atoms with Crippen LogP contribution in [-0.2, 0) is 9.53 Å². The molecule has 0 fully saturated rings. The third-order valence-corrected chi connectivity index (χ3v) is 2.85. The summed E-state index contributed by atoms with van der Waals surface area (Å²) in [6.07, 6.45) is 1.37. The normalized spacial score (nSPS) is 29.6. The van der Waals surface area contributed by atoms with Gasteiger partial charge in [0.25, 0.3) is 0 Å². The van der Waals surface area contributed by atoms with Gasteiger partial charge in [0.15, 0.2) is 5.78 Å². The molecular weight excluding hydrogens is 204 g/mol.